The summed E-state index contributed by atoms with van der Waals surface area (Å²) in [6, 6.07) is -0.245. The lowest BCUT2D eigenvalue weighted by Gasteiger charge is -2.38. The van der Waals surface area contributed by atoms with Crippen LogP contribution in [0.5, 0.6) is 0 Å². The molecule has 0 radical (unpaired) electrons. The topological polar surface area (TPSA) is 72.1 Å². The summed E-state index contributed by atoms with van der Waals surface area (Å²) in [4.78, 5) is 21.3. The smallest absolute Gasteiger partial charge is 0.240 e. The second-order valence-corrected chi connectivity index (χ2v) is 4.36. The molecule has 0 bridgehead atoms. The first-order valence-corrected chi connectivity index (χ1v) is 5.44. The van der Waals surface area contributed by atoms with Gasteiger partial charge in [0.2, 0.25) is 11.9 Å². The van der Waals surface area contributed by atoms with Gasteiger partial charge < -0.3 is 10.6 Å². The highest BCUT2D eigenvalue weighted by atomic mass is 79.9. The van der Waals surface area contributed by atoms with Gasteiger partial charge in [-0.25, -0.2) is 9.97 Å². The monoisotopic (exact) mass is 270 g/mol. The van der Waals surface area contributed by atoms with Gasteiger partial charge in [0, 0.05) is 12.7 Å². The molecule has 80 valence electrons. The molecule has 2 heterocycles. The van der Waals surface area contributed by atoms with Crippen molar-refractivity contribution >= 4 is 27.8 Å². The predicted octanol–water partition coefficient (Wildman–Crippen LogP) is 0.612. The van der Waals surface area contributed by atoms with Crippen molar-refractivity contribution in [2.24, 2.45) is 5.73 Å². The third-order valence-corrected chi connectivity index (χ3v) is 3.29. The number of nitrogens with two attached hydrogens (primary N) is 1. The summed E-state index contributed by atoms with van der Waals surface area (Å²) in [5.74, 6) is 0.260. The molecule has 6 heteroatoms. The van der Waals surface area contributed by atoms with Gasteiger partial charge in [-0.3, -0.25) is 4.79 Å². The third-order valence-electron chi connectivity index (χ3n) is 2.51. The molecule has 1 fully saturated rings. The van der Waals surface area contributed by atoms with E-state index >= 15 is 0 Å². The summed E-state index contributed by atoms with van der Waals surface area (Å²) in [7, 11) is 0. The molecule has 1 aromatic heterocycles. The Kier molecular flexibility index (Phi) is 2.60. The molecule has 0 aliphatic carbocycles. The number of aromatic nitrogens is 2. The van der Waals surface area contributed by atoms with Crippen molar-refractivity contribution in [3.63, 3.8) is 0 Å². The Morgan fingerprint density at radius 3 is 2.93 bits per heavy atom. The normalized spacial score (nSPS) is 19.9. The van der Waals surface area contributed by atoms with Crippen LogP contribution in [0.4, 0.5) is 5.95 Å². The lowest BCUT2D eigenvalue weighted by Crippen LogP contribution is -2.55. The minimum atomic E-state index is -0.314. The number of rotatable bonds is 2. The molecule has 0 saturated carbocycles. The Morgan fingerprint density at radius 2 is 2.47 bits per heavy atom. The Morgan fingerprint density at radius 1 is 1.73 bits per heavy atom. The van der Waals surface area contributed by atoms with Crippen LogP contribution < -0.4 is 10.6 Å². The van der Waals surface area contributed by atoms with Crippen LogP contribution in [-0.2, 0) is 4.79 Å². The molecular weight excluding hydrogens is 260 g/mol. The minimum Gasteiger partial charge on any atom is -0.368 e. The quantitative estimate of drug-likeness (QED) is 0.855. The molecule has 5 nitrogen and oxygen atoms in total. The van der Waals surface area contributed by atoms with Gasteiger partial charge in [0.05, 0.1) is 10.2 Å². The van der Waals surface area contributed by atoms with E-state index in [4.69, 9.17) is 5.73 Å². The fourth-order valence-corrected chi connectivity index (χ4v) is 1.69. The maximum absolute atomic E-state index is 11.0. The maximum atomic E-state index is 11.0. The Labute approximate surface area is 95.8 Å². The molecule has 2 rings (SSSR count). The van der Waals surface area contributed by atoms with E-state index in [9.17, 15) is 4.79 Å². The van der Waals surface area contributed by atoms with Gasteiger partial charge in [-0.1, -0.05) is 0 Å². The van der Waals surface area contributed by atoms with E-state index in [2.05, 4.69) is 25.9 Å². The molecule has 1 saturated heterocycles. The number of carbonyl (C=O) groups excluding carboxylic acids is 1. The third kappa shape index (κ3) is 1.81. The second kappa shape index (κ2) is 3.77. The maximum Gasteiger partial charge on any atom is 0.240 e. The molecule has 1 amide bonds. The number of nitrogens with zero attached hydrogens (tertiary/aromatic N) is 3. The van der Waals surface area contributed by atoms with E-state index in [1.54, 1.807) is 6.20 Å². The first-order valence-electron chi connectivity index (χ1n) is 4.64. The summed E-state index contributed by atoms with van der Waals surface area (Å²) in [6.07, 6.45) is 2.47. The SMILES string of the molecule is Cc1nc(N2CCC2C(N)=O)ncc1Br. The zero-order chi connectivity index (χ0) is 11.0. The van der Waals surface area contributed by atoms with E-state index < -0.39 is 0 Å². The number of anilines is 1. The van der Waals surface area contributed by atoms with Gasteiger partial charge >= 0.3 is 0 Å². The van der Waals surface area contributed by atoms with Crippen molar-refractivity contribution in [3.05, 3.63) is 16.4 Å². The van der Waals surface area contributed by atoms with Crippen molar-refractivity contribution in [2.75, 3.05) is 11.4 Å². The average Bonchev–Trinajstić information content (AvgIpc) is 2.08. The van der Waals surface area contributed by atoms with E-state index in [0.29, 0.717) is 5.95 Å². The Balaban J connectivity index is 2.23. The molecule has 0 spiro atoms. The van der Waals surface area contributed by atoms with Crippen molar-refractivity contribution in [3.8, 4) is 0 Å². The molecule has 0 aromatic carbocycles. The van der Waals surface area contributed by atoms with Crippen LogP contribution in [0.25, 0.3) is 0 Å². The number of primary amides is 1. The zero-order valence-corrected chi connectivity index (χ0v) is 9.86. The number of halogens is 1. The van der Waals surface area contributed by atoms with Crippen LogP contribution in [-0.4, -0.2) is 28.5 Å². The predicted molar refractivity (Wildman–Crippen MR) is 59.4 cm³/mol. The molecule has 15 heavy (non-hydrogen) atoms. The molecule has 1 atom stereocenters. The van der Waals surface area contributed by atoms with Crippen molar-refractivity contribution < 1.29 is 4.79 Å². The first-order chi connectivity index (χ1) is 7.09. The van der Waals surface area contributed by atoms with Crippen LogP contribution in [0.1, 0.15) is 12.1 Å². The molecule has 1 aromatic rings. The number of hydrogen-bond donors (Lipinski definition) is 1. The van der Waals surface area contributed by atoms with Gasteiger partial charge in [-0.2, -0.15) is 0 Å². The summed E-state index contributed by atoms with van der Waals surface area (Å²) >= 11 is 3.33. The van der Waals surface area contributed by atoms with E-state index in [1.165, 1.54) is 0 Å². The van der Waals surface area contributed by atoms with Crippen LogP contribution >= 0.6 is 15.9 Å². The zero-order valence-electron chi connectivity index (χ0n) is 8.27. The fourth-order valence-electron chi connectivity index (χ4n) is 1.50. The lowest BCUT2D eigenvalue weighted by molar-refractivity contribution is -0.120. The Bertz CT molecular complexity index is 409. The summed E-state index contributed by atoms with van der Waals surface area (Å²) in [6.45, 7) is 2.67. The van der Waals surface area contributed by atoms with Crippen LogP contribution in [0.3, 0.4) is 0 Å². The van der Waals surface area contributed by atoms with Crippen molar-refractivity contribution in [2.45, 2.75) is 19.4 Å². The molecular formula is C9H11BrN4O. The van der Waals surface area contributed by atoms with Gasteiger partial charge in [0.15, 0.2) is 0 Å². The fraction of sp³-hybridized carbons (Fsp3) is 0.444. The molecule has 2 N–H and O–H groups in total. The number of hydrogen-bond acceptors (Lipinski definition) is 4. The largest absolute Gasteiger partial charge is 0.368 e. The van der Waals surface area contributed by atoms with Gasteiger partial charge in [-0.05, 0) is 29.3 Å². The minimum absolute atomic E-state index is 0.245. The van der Waals surface area contributed by atoms with Crippen LogP contribution in [0.2, 0.25) is 0 Å². The van der Waals surface area contributed by atoms with Gasteiger partial charge in [0.1, 0.15) is 6.04 Å². The van der Waals surface area contributed by atoms with Crippen LogP contribution in [0, 0.1) is 6.92 Å². The summed E-state index contributed by atoms with van der Waals surface area (Å²) < 4.78 is 0.863. The average molecular weight is 271 g/mol. The van der Waals surface area contributed by atoms with Gasteiger partial charge in [0.25, 0.3) is 0 Å². The highest BCUT2D eigenvalue weighted by molar-refractivity contribution is 9.10. The van der Waals surface area contributed by atoms with Crippen LogP contribution in [0.15, 0.2) is 10.7 Å². The number of amides is 1. The lowest BCUT2D eigenvalue weighted by atomic mass is 10.0. The standard InChI is InChI=1S/C9H11BrN4O/c1-5-6(10)4-12-9(13-5)14-3-2-7(14)8(11)15/h4,7H,2-3H2,1H3,(H2,11,15). The molecule has 1 aliphatic rings. The number of aryl methyl sites for hydroxylation is 1. The second-order valence-electron chi connectivity index (χ2n) is 3.50. The van der Waals surface area contributed by atoms with Crippen molar-refractivity contribution in [1.82, 2.24) is 9.97 Å². The van der Waals surface area contributed by atoms with E-state index in [0.717, 1.165) is 23.1 Å². The van der Waals surface area contributed by atoms with Crippen molar-refractivity contribution in [1.29, 1.82) is 0 Å². The highest BCUT2D eigenvalue weighted by Crippen LogP contribution is 2.24. The number of carbonyl (C=O) groups is 1. The first kappa shape index (κ1) is 10.4. The molecule has 1 aliphatic heterocycles. The van der Waals surface area contributed by atoms with E-state index in [1.807, 2.05) is 11.8 Å². The highest BCUT2D eigenvalue weighted by Gasteiger charge is 2.34. The molecule has 1 unspecified atom stereocenters. The van der Waals surface area contributed by atoms with E-state index in [-0.39, 0.29) is 11.9 Å². The van der Waals surface area contributed by atoms with Gasteiger partial charge in [-0.15, -0.1) is 0 Å². The summed E-state index contributed by atoms with van der Waals surface area (Å²) in [5.41, 5.74) is 6.10. The summed E-state index contributed by atoms with van der Waals surface area (Å²) in [5, 5.41) is 0. The Hall–Kier alpha value is -1.17.